The number of ether oxygens (including phenoxy) is 1. The molecular formula is C12H12N2O4S. The van der Waals surface area contributed by atoms with E-state index in [4.69, 9.17) is 0 Å². The smallest absolute Gasteiger partial charge is 0.329 e. The van der Waals surface area contributed by atoms with Crippen molar-refractivity contribution in [2.24, 2.45) is 0 Å². The molecule has 1 atom stereocenters. The maximum atomic E-state index is 11.8. The fourth-order valence-electron chi connectivity index (χ4n) is 1.82. The zero-order chi connectivity index (χ0) is 13.8. The van der Waals surface area contributed by atoms with Crippen LogP contribution < -0.4 is 0 Å². The Hall–Kier alpha value is -1.89. The van der Waals surface area contributed by atoms with Gasteiger partial charge in [0.2, 0.25) is 5.91 Å². The van der Waals surface area contributed by atoms with Crippen LogP contribution in [0.2, 0.25) is 0 Å². The first-order valence-corrected chi connectivity index (χ1v) is 6.57. The summed E-state index contributed by atoms with van der Waals surface area (Å²) in [4.78, 5) is 40.1. The van der Waals surface area contributed by atoms with Crippen LogP contribution >= 0.6 is 11.8 Å². The fraction of sp³-hybridized carbons (Fsp3) is 0.333. The number of hydrogen-bond donors (Lipinski definition) is 0. The number of aromatic nitrogens is 1. The normalized spacial score (nSPS) is 16.6. The Bertz CT molecular complexity index is 490. The fourth-order valence-corrected chi connectivity index (χ4v) is 2.58. The van der Waals surface area contributed by atoms with Gasteiger partial charge >= 0.3 is 5.97 Å². The summed E-state index contributed by atoms with van der Waals surface area (Å²) < 4.78 is 4.68. The monoisotopic (exact) mass is 280 g/mol. The number of rotatable bonds is 4. The van der Waals surface area contributed by atoms with Gasteiger partial charge in [0, 0.05) is 18.8 Å². The van der Waals surface area contributed by atoms with Gasteiger partial charge in [-0.15, -0.1) is 0 Å². The molecule has 1 saturated heterocycles. The predicted octanol–water partition coefficient (Wildman–Crippen LogP) is 0.861. The van der Waals surface area contributed by atoms with Crippen molar-refractivity contribution in [2.45, 2.75) is 12.5 Å². The van der Waals surface area contributed by atoms with E-state index in [2.05, 4.69) is 9.72 Å². The van der Waals surface area contributed by atoms with Gasteiger partial charge in [0.15, 0.2) is 0 Å². The first-order chi connectivity index (χ1) is 9.13. The molecule has 1 aromatic rings. The molecule has 0 bridgehead atoms. The third kappa shape index (κ3) is 2.93. The van der Waals surface area contributed by atoms with Gasteiger partial charge in [-0.25, -0.2) is 4.79 Å². The molecule has 2 rings (SSSR count). The third-order valence-electron chi connectivity index (χ3n) is 2.72. The highest BCUT2D eigenvalue weighted by molar-refractivity contribution is 8.14. The zero-order valence-electron chi connectivity index (χ0n) is 10.2. The quantitative estimate of drug-likeness (QED) is 0.761. The van der Waals surface area contributed by atoms with Crippen LogP contribution in [0.25, 0.3) is 0 Å². The SMILES string of the molecule is COC(=O)C(Cc1cccnc1)N1C(=O)CSC1=O. The zero-order valence-corrected chi connectivity index (χ0v) is 11.1. The van der Waals surface area contributed by atoms with Crippen LogP contribution in [0, 0.1) is 0 Å². The molecule has 7 heteroatoms. The van der Waals surface area contributed by atoms with E-state index < -0.39 is 17.3 Å². The van der Waals surface area contributed by atoms with E-state index >= 15 is 0 Å². The Morgan fingerprint density at radius 3 is 2.89 bits per heavy atom. The molecule has 1 unspecified atom stereocenters. The average Bonchev–Trinajstić information content (AvgIpc) is 2.76. The molecule has 1 aliphatic heterocycles. The first-order valence-electron chi connectivity index (χ1n) is 5.59. The molecule has 1 aromatic heterocycles. The molecule has 100 valence electrons. The predicted molar refractivity (Wildman–Crippen MR) is 68.4 cm³/mol. The maximum absolute atomic E-state index is 11.8. The molecule has 19 heavy (non-hydrogen) atoms. The highest BCUT2D eigenvalue weighted by Gasteiger charge is 2.40. The lowest BCUT2D eigenvalue weighted by atomic mass is 10.1. The van der Waals surface area contributed by atoms with Gasteiger partial charge in [0.1, 0.15) is 6.04 Å². The Morgan fingerprint density at radius 1 is 1.58 bits per heavy atom. The summed E-state index contributed by atoms with van der Waals surface area (Å²) in [5.74, 6) is -0.901. The molecule has 1 aliphatic rings. The number of carbonyl (C=O) groups excluding carboxylic acids is 3. The lowest BCUT2D eigenvalue weighted by Crippen LogP contribution is -2.46. The van der Waals surface area contributed by atoms with Crippen molar-refractivity contribution in [2.75, 3.05) is 12.9 Å². The maximum Gasteiger partial charge on any atom is 0.329 e. The molecule has 0 saturated carbocycles. The second-order valence-electron chi connectivity index (χ2n) is 3.92. The number of carbonyl (C=O) groups is 3. The number of thioether (sulfide) groups is 1. The van der Waals surface area contributed by atoms with E-state index in [1.54, 1.807) is 24.5 Å². The van der Waals surface area contributed by atoms with Crippen molar-refractivity contribution >= 4 is 28.9 Å². The number of esters is 1. The summed E-state index contributed by atoms with van der Waals surface area (Å²) in [6, 6.07) is 2.58. The number of pyridine rings is 1. The molecule has 0 aromatic carbocycles. The summed E-state index contributed by atoms with van der Waals surface area (Å²) in [6.07, 6.45) is 3.41. The van der Waals surface area contributed by atoms with Crippen molar-refractivity contribution in [3.63, 3.8) is 0 Å². The third-order valence-corrected chi connectivity index (χ3v) is 3.56. The second-order valence-corrected chi connectivity index (χ2v) is 4.85. The van der Waals surface area contributed by atoms with Gasteiger partial charge in [0.25, 0.3) is 5.24 Å². The van der Waals surface area contributed by atoms with Crippen LogP contribution in [0.1, 0.15) is 5.56 Å². The van der Waals surface area contributed by atoms with Crippen LogP contribution in [-0.4, -0.2) is 45.9 Å². The van der Waals surface area contributed by atoms with E-state index in [1.807, 2.05) is 0 Å². The minimum atomic E-state index is -0.927. The molecule has 0 N–H and O–H groups in total. The topological polar surface area (TPSA) is 76.6 Å². The largest absolute Gasteiger partial charge is 0.467 e. The van der Waals surface area contributed by atoms with Crippen molar-refractivity contribution in [3.8, 4) is 0 Å². The molecule has 0 spiro atoms. The van der Waals surface area contributed by atoms with Gasteiger partial charge in [-0.05, 0) is 11.6 Å². The number of methoxy groups -OCH3 is 1. The van der Waals surface area contributed by atoms with E-state index in [9.17, 15) is 14.4 Å². The summed E-state index contributed by atoms with van der Waals surface area (Å²) in [5, 5.41) is -0.413. The Balaban J connectivity index is 2.24. The molecule has 2 amide bonds. The number of amides is 2. The summed E-state index contributed by atoms with van der Waals surface area (Å²) in [5.41, 5.74) is 0.760. The van der Waals surface area contributed by atoms with Crippen LogP contribution in [0.15, 0.2) is 24.5 Å². The Morgan fingerprint density at radius 2 is 2.37 bits per heavy atom. The molecule has 0 radical (unpaired) electrons. The minimum absolute atomic E-state index is 0.0688. The van der Waals surface area contributed by atoms with Gasteiger partial charge in [-0.2, -0.15) is 0 Å². The van der Waals surface area contributed by atoms with Crippen molar-refractivity contribution in [1.29, 1.82) is 0 Å². The van der Waals surface area contributed by atoms with Crippen LogP contribution in [0.5, 0.6) is 0 Å². The summed E-state index contributed by atoms with van der Waals surface area (Å²) >= 11 is 0.894. The van der Waals surface area contributed by atoms with E-state index in [0.29, 0.717) is 0 Å². The molecule has 2 heterocycles. The number of hydrogen-bond acceptors (Lipinski definition) is 6. The van der Waals surface area contributed by atoms with Crippen LogP contribution in [0.4, 0.5) is 4.79 Å². The van der Waals surface area contributed by atoms with Crippen molar-refractivity contribution < 1.29 is 19.1 Å². The van der Waals surface area contributed by atoms with Crippen LogP contribution in [0.3, 0.4) is 0 Å². The average molecular weight is 280 g/mol. The number of nitrogens with zero attached hydrogens (tertiary/aromatic N) is 2. The first kappa shape index (κ1) is 13.5. The van der Waals surface area contributed by atoms with Crippen LogP contribution in [-0.2, 0) is 20.7 Å². The standard InChI is InChI=1S/C12H12N2O4S/c1-18-11(16)9(5-8-3-2-4-13-6-8)14-10(15)7-19-12(14)17/h2-4,6,9H,5,7H2,1H3. The summed E-state index contributed by atoms with van der Waals surface area (Å²) in [7, 11) is 1.23. The van der Waals surface area contributed by atoms with Gasteiger partial charge in [0.05, 0.1) is 12.9 Å². The van der Waals surface area contributed by atoms with Gasteiger partial charge in [-0.1, -0.05) is 17.8 Å². The molecular weight excluding hydrogens is 268 g/mol. The number of imide groups is 1. The highest BCUT2D eigenvalue weighted by Crippen LogP contribution is 2.23. The summed E-state index contributed by atoms with van der Waals surface area (Å²) in [6.45, 7) is 0. The molecule has 0 aliphatic carbocycles. The second kappa shape index (κ2) is 5.83. The molecule has 1 fully saturated rings. The van der Waals surface area contributed by atoms with Crippen molar-refractivity contribution in [1.82, 2.24) is 9.88 Å². The minimum Gasteiger partial charge on any atom is -0.467 e. The lowest BCUT2D eigenvalue weighted by Gasteiger charge is -2.23. The van der Waals surface area contributed by atoms with Gasteiger partial charge in [-0.3, -0.25) is 19.5 Å². The van der Waals surface area contributed by atoms with Crippen molar-refractivity contribution in [3.05, 3.63) is 30.1 Å². The molecule has 6 nitrogen and oxygen atoms in total. The Kier molecular flexibility index (Phi) is 4.16. The Labute approximate surface area is 114 Å². The lowest BCUT2D eigenvalue weighted by molar-refractivity contribution is -0.149. The van der Waals surface area contributed by atoms with E-state index in [-0.39, 0.29) is 18.1 Å². The van der Waals surface area contributed by atoms with E-state index in [0.717, 1.165) is 22.2 Å². The van der Waals surface area contributed by atoms with E-state index in [1.165, 1.54) is 7.11 Å². The van der Waals surface area contributed by atoms with Gasteiger partial charge < -0.3 is 4.74 Å². The highest BCUT2D eigenvalue weighted by atomic mass is 32.2.